The number of aromatic nitrogens is 2. The lowest BCUT2D eigenvalue weighted by molar-refractivity contribution is 0.516. The number of fused-ring (bicyclic) bond motifs is 2. The van der Waals surface area contributed by atoms with Gasteiger partial charge in [-0.15, -0.1) is 0 Å². The molecule has 0 radical (unpaired) electrons. The van der Waals surface area contributed by atoms with E-state index in [1.165, 1.54) is 0 Å². The second kappa shape index (κ2) is 8.13. The van der Waals surface area contributed by atoms with Crippen LogP contribution in [0.1, 0.15) is 50.9 Å². The molecule has 2 atom stereocenters. The number of pyridine rings is 2. The highest BCUT2D eigenvalue weighted by Crippen LogP contribution is 2.30. The molecule has 0 aliphatic carbocycles. The third-order valence-corrected chi connectivity index (χ3v) is 5.92. The molecule has 0 unspecified atom stereocenters. The Morgan fingerprint density at radius 2 is 0.967 bits per heavy atom. The fourth-order valence-electron chi connectivity index (χ4n) is 3.88. The summed E-state index contributed by atoms with van der Waals surface area (Å²) in [5.74, 6) is 0.667. The lowest BCUT2D eigenvalue weighted by atomic mass is 9.94. The van der Waals surface area contributed by atoms with Crippen molar-refractivity contribution in [2.24, 2.45) is 23.3 Å². The maximum Gasteiger partial charge on any atom is 0.0894 e. The van der Waals surface area contributed by atoms with Gasteiger partial charge in [-0.2, -0.15) is 0 Å². The molecular weight excluding hydrogens is 368 g/mol. The fraction of sp³-hybridized carbons (Fsp3) is 0.308. The molecule has 154 valence electrons. The number of nitrogens with two attached hydrogens (primary N) is 2. The van der Waals surface area contributed by atoms with E-state index in [1.54, 1.807) is 0 Å². The first-order chi connectivity index (χ1) is 14.4. The van der Waals surface area contributed by atoms with Gasteiger partial charge in [0.1, 0.15) is 0 Å². The zero-order chi connectivity index (χ0) is 21.4. The van der Waals surface area contributed by atoms with Crippen LogP contribution in [0.2, 0.25) is 0 Å². The summed E-state index contributed by atoms with van der Waals surface area (Å²) < 4.78 is 0. The van der Waals surface area contributed by atoms with E-state index in [0.29, 0.717) is 11.8 Å². The summed E-state index contributed by atoms with van der Waals surface area (Å²) in [6.07, 6.45) is 0. The number of hydrogen-bond acceptors (Lipinski definition) is 4. The zero-order valence-electron chi connectivity index (χ0n) is 18.1. The second-order valence-electron chi connectivity index (χ2n) is 8.77. The predicted molar refractivity (Wildman–Crippen MR) is 126 cm³/mol. The molecule has 30 heavy (non-hydrogen) atoms. The lowest BCUT2D eigenvalue weighted by Gasteiger charge is -2.19. The Labute approximate surface area is 178 Å². The average molecular weight is 399 g/mol. The second-order valence-corrected chi connectivity index (χ2v) is 8.77. The van der Waals surface area contributed by atoms with Crippen molar-refractivity contribution in [3.8, 4) is 11.4 Å². The first-order valence-electron chi connectivity index (χ1n) is 10.7. The summed E-state index contributed by atoms with van der Waals surface area (Å²) in [5.41, 5.74) is 18.7. The maximum atomic E-state index is 6.48. The molecule has 0 aliphatic rings. The van der Waals surface area contributed by atoms with Crippen molar-refractivity contribution < 1.29 is 0 Å². The van der Waals surface area contributed by atoms with Crippen LogP contribution in [0.4, 0.5) is 0 Å². The lowest BCUT2D eigenvalue weighted by Crippen LogP contribution is -2.17. The molecule has 0 spiro atoms. The quantitative estimate of drug-likeness (QED) is 0.448. The van der Waals surface area contributed by atoms with Gasteiger partial charge in [-0.25, -0.2) is 9.97 Å². The van der Waals surface area contributed by atoms with Gasteiger partial charge in [0.25, 0.3) is 0 Å². The molecule has 0 saturated carbocycles. The van der Waals surface area contributed by atoms with Gasteiger partial charge in [0.05, 0.1) is 22.4 Å². The van der Waals surface area contributed by atoms with Crippen molar-refractivity contribution in [3.05, 3.63) is 71.8 Å². The Kier molecular flexibility index (Phi) is 5.54. The third-order valence-electron chi connectivity index (χ3n) is 5.92. The van der Waals surface area contributed by atoms with E-state index >= 15 is 0 Å². The van der Waals surface area contributed by atoms with Crippen LogP contribution in [0, 0.1) is 11.8 Å². The summed E-state index contributed by atoms with van der Waals surface area (Å²) >= 11 is 0. The van der Waals surface area contributed by atoms with Crippen molar-refractivity contribution in [1.82, 2.24) is 9.97 Å². The molecule has 4 rings (SSSR count). The summed E-state index contributed by atoms with van der Waals surface area (Å²) in [6.45, 7) is 8.55. The van der Waals surface area contributed by atoms with E-state index in [1.807, 2.05) is 12.1 Å². The van der Waals surface area contributed by atoms with E-state index in [-0.39, 0.29) is 12.1 Å². The summed E-state index contributed by atoms with van der Waals surface area (Å²) in [4.78, 5) is 9.98. The van der Waals surface area contributed by atoms with Gasteiger partial charge < -0.3 is 11.5 Å². The smallest absolute Gasteiger partial charge is 0.0894 e. The van der Waals surface area contributed by atoms with Gasteiger partial charge >= 0.3 is 0 Å². The van der Waals surface area contributed by atoms with Gasteiger partial charge in [-0.1, -0.05) is 76.2 Å². The Balaban J connectivity index is 1.88. The largest absolute Gasteiger partial charge is 0.324 e. The summed E-state index contributed by atoms with van der Waals surface area (Å²) in [7, 11) is 0. The summed E-state index contributed by atoms with van der Waals surface area (Å²) in [5, 5.41) is 2.19. The molecule has 0 aliphatic heterocycles. The molecule has 2 aromatic heterocycles. The van der Waals surface area contributed by atoms with E-state index in [4.69, 9.17) is 21.4 Å². The number of rotatable bonds is 5. The highest BCUT2D eigenvalue weighted by molar-refractivity contribution is 5.87. The van der Waals surface area contributed by atoms with Gasteiger partial charge in [0.15, 0.2) is 0 Å². The molecule has 2 heterocycles. The SMILES string of the molecule is CC(C)[C@@H](N)c1cccc2ccc(-c3ccc4cccc([C@H](N)C(C)C)c4n3)nc12. The van der Waals surface area contributed by atoms with Crippen LogP contribution >= 0.6 is 0 Å². The fourth-order valence-corrected chi connectivity index (χ4v) is 3.88. The molecule has 4 N–H and O–H groups in total. The third kappa shape index (κ3) is 3.69. The van der Waals surface area contributed by atoms with Crippen molar-refractivity contribution in [1.29, 1.82) is 0 Å². The first kappa shape index (κ1) is 20.5. The molecular formula is C26H30N4. The Morgan fingerprint density at radius 1 is 0.567 bits per heavy atom. The van der Waals surface area contributed by atoms with Crippen LogP contribution < -0.4 is 11.5 Å². The minimum absolute atomic E-state index is 0.0587. The van der Waals surface area contributed by atoms with Crippen molar-refractivity contribution in [2.45, 2.75) is 39.8 Å². The number of hydrogen-bond donors (Lipinski definition) is 2. The van der Waals surface area contributed by atoms with Gasteiger partial charge in [0, 0.05) is 22.9 Å². The molecule has 4 nitrogen and oxygen atoms in total. The highest BCUT2D eigenvalue weighted by atomic mass is 14.8. The summed E-state index contributed by atoms with van der Waals surface area (Å²) in [6, 6.07) is 20.6. The van der Waals surface area contributed by atoms with E-state index < -0.39 is 0 Å². The molecule has 0 bridgehead atoms. The van der Waals surface area contributed by atoms with Crippen LogP contribution in [0.3, 0.4) is 0 Å². The van der Waals surface area contributed by atoms with Crippen LogP contribution in [0.15, 0.2) is 60.7 Å². The van der Waals surface area contributed by atoms with Crippen molar-refractivity contribution in [3.63, 3.8) is 0 Å². The highest BCUT2D eigenvalue weighted by Gasteiger charge is 2.17. The Hall–Kier alpha value is -2.82. The maximum absolute atomic E-state index is 6.48. The van der Waals surface area contributed by atoms with Crippen LogP contribution in [0.25, 0.3) is 33.2 Å². The standard InChI is InChI=1S/C26H30N4/c1-15(2)23(27)19-9-5-7-17-11-13-21(29-25(17)19)22-14-12-18-8-6-10-20(26(18)30-22)24(28)16(3)4/h5-16,23-24H,27-28H2,1-4H3/t23-,24-/m1/s1. The number of nitrogens with zero attached hydrogens (tertiary/aromatic N) is 2. The Bertz CT molecular complexity index is 1100. The van der Waals surface area contributed by atoms with Crippen molar-refractivity contribution in [2.75, 3.05) is 0 Å². The molecule has 0 amide bonds. The van der Waals surface area contributed by atoms with Crippen molar-refractivity contribution >= 4 is 21.8 Å². The molecule has 2 aromatic carbocycles. The number of para-hydroxylation sites is 2. The van der Waals surface area contributed by atoms with Gasteiger partial charge in [-0.3, -0.25) is 0 Å². The molecule has 4 aromatic rings. The first-order valence-corrected chi connectivity index (χ1v) is 10.7. The minimum atomic E-state index is -0.0587. The molecule has 4 heteroatoms. The number of benzene rings is 2. The van der Waals surface area contributed by atoms with Crippen LogP contribution in [0.5, 0.6) is 0 Å². The van der Waals surface area contributed by atoms with Gasteiger partial charge in [0.2, 0.25) is 0 Å². The van der Waals surface area contributed by atoms with E-state index in [0.717, 1.165) is 44.3 Å². The normalized spacial score (nSPS) is 14.0. The van der Waals surface area contributed by atoms with Crippen LogP contribution in [-0.4, -0.2) is 9.97 Å². The molecule has 0 fully saturated rings. The predicted octanol–water partition coefficient (Wildman–Crippen LogP) is 5.76. The topological polar surface area (TPSA) is 77.8 Å². The average Bonchev–Trinajstić information content (AvgIpc) is 2.76. The van der Waals surface area contributed by atoms with Gasteiger partial charge in [-0.05, 0) is 35.1 Å². The molecule has 0 saturated heterocycles. The minimum Gasteiger partial charge on any atom is -0.324 e. The van der Waals surface area contributed by atoms with E-state index in [9.17, 15) is 0 Å². The monoisotopic (exact) mass is 398 g/mol. The van der Waals surface area contributed by atoms with Crippen LogP contribution in [-0.2, 0) is 0 Å². The van der Waals surface area contributed by atoms with E-state index in [2.05, 4.69) is 76.2 Å². The zero-order valence-corrected chi connectivity index (χ0v) is 18.1. The Morgan fingerprint density at radius 3 is 1.33 bits per heavy atom.